The van der Waals surface area contributed by atoms with E-state index >= 15 is 0 Å². The van der Waals surface area contributed by atoms with Gasteiger partial charge < -0.3 is 5.73 Å². The Bertz CT molecular complexity index is 190. The number of aromatic amines is 1. The number of aromatic nitrogens is 3. The van der Waals surface area contributed by atoms with Crippen molar-refractivity contribution in [3.8, 4) is 0 Å². The van der Waals surface area contributed by atoms with Crippen LogP contribution in [0.5, 0.6) is 0 Å². The van der Waals surface area contributed by atoms with E-state index in [4.69, 9.17) is 5.73 Å². The van der Waals surface area contributed by atoms with E-state index in [0.29, 0.717) is 0 Å². The predicted octanol–water partition coefficient (Wildman–Crippen LogP) is 0.389. The van der Waals surface area contributed by atoms with Crippen molar-refractivity contribution in [2.24, 2.45) is 5.73 Å². The van der Waals surface area contributed by atoms with Gasteiger partial charge in [0.2, 0.25) is 0 Å². The largest absolute Gasteiger partial charge is 0.319 e. The Morgan fingerprint density at radius 3 is 2.90 bits per heavy atom. The molecule has 0 spiro atoms. The molecule has 0 radical (unpaired) electrons. The molecule has 1 aromatic rings. The molecule has 4 nitrogen and oxygen atoms in total. The molecule has 0 aromatic carbocycles. The van der Waals surface area contributed by atoms with E-state index in [-0.39, 0.29) is 5.54 Å². The van der Waals surface area contributed by atoms with Gasteiger partial charge in [-0.05, 0) is 13.3 Å². The van der Waals surface area contributed by atoms with Crippen LogP contribution in [-0.4, -0.2) is 15.2 Å². The maximum atomic E-state index is 5.85. The number of H-pyrrole nitrogens is 1. The molecule has 0 bridgehead atoms. The minimum Gasteiger partial charge on any atom is -0.319 e. The molecule has 0 aliphatic heterocycles. The molecule has 1 heterocycles. The summed E-state index contributed by atoms with van der Waals surface area (Å²) in [6.45, 7) is 3.94. The van der Waals surface area contributed by atoms with Gasteiger partial charge in [-0.2, -0.15) is 5.10 Å². The average molecular weight is 140 g/mol. The zero-order valence-electron chi connectivity index (χ0n) is 6.26. The number of hydrogen-bond acceptors (Lipinski definition) is 3. The van der Waals surface area contributed by atoms with E-state index in [0.717, 1.165) is 12.2 Å². The summed E-state index contributed by atoms with van der Waals surface area (Å²) in [5, 5.41) is 6.46. The SMILES string of the molecule is CCC(C)(N)c1ncn[nH]1. The lowest BCUT2D eigenvalue weighted by Crippen LogP contribution is -2.33. The highest BCUT2D eigenvalue weighted by Gasteiger charge is 2.21. The van der Waals surface area contributed by atoms with Gasteiger partial charge in [0.1, 0.15) is 12.2 Å². The minimum atomic E-state index is -0.365. The van der Waals surface area contributed by atoms with Crippen LogP contribution in [0.4, 0.5) is 0 Å². The van der Waals surface area contributed by atoms with E-state index < -0.39 is 0 Å². The van der Waals surface area contributed by atoms with Crippen molar-refractivity contribution in [1.29, 1.82) is 0 Å². The number of rotatable bonds is 2. The summed E-state index contributed by atoms with van der Waals surface area (Å²) in [5.74, 6) is 0.745. The van der Waals surface area contributed by atoms with Crippen LogP contribution in [0.3, 0.4) is 0 Å². The molecule has 0 aliphatic carbocycles. The number of nitrogens with zero attached hydrogens (tertiary/aromatic N) is 2. The maximum Gasteiger partial charge on any atom is 0.144 e. The first-order valence-corrected chi connectivity index (χ1v) is 3.31. The Labute approximate surface area is 59.8 Å². The van der Waals surface area contributed by atoms with Crippen molar-refractivity contribution in [2.75, 3.05) is 0 Å². The van der Waals surface area contributed by atoms with Gasteiger partial charge in [-0.3, -0.25) is 5.10 Å². The van der Waals surface area contributed by atoms with E-state index in [1.54, 1.807) is 0 Å². The summed E-state index contributed by atoms with van der Waals surface area (Å²) in [5.41, 5.74) is 5.48. The van der Waals surface area contributed by atoms with Gasteiger partial charge in [0, 0.05) is 0 Å². The molecule has 1 unspecified atom stereocenters. The van der Waals surface area contributed by atoms with Crippen molar-refractivity contribution in [3.63, 3.8) is 0 Å². The monoisotopic (exact) mass is 140 g/mol. The van der Waals surface area contributed by atoms with Crippen molar-refractivity contribution in [2.45, 2.75) is 25.8 Å². The Balaban J connectivity index is 2.85. The fourth-order valence-electron chi connectivity index (χ4n) is 0.648. The Hall–Kier alpha value is -0.900. The van der Waals surface area contributed by atoms with Crippen LogP contribution in [-0.2, 0) is 5.54 Å². The fourth-order valence-corrected chi connectivity index (χ4v) is 0.648. The molecule has 56 valence electrons. The molecule has 1 atom stereocenters. The quantitative estimate of drug-likeness (QED) is 0.624. The first-order valence-electron chi connectivity index (χ1n) is 3.31. The van der Waals surface area contributed by atoms with Gasteiger partial charge in [0.25, 0.3) is 0 Å². The topological polar surface area (TPSA) is 67.6 Å². The predicted molar refractivity (Wildman–Crippen MR) is 38.2 cm³/mol. The third kappa shape index (κ3) is 1.16. The summed E-state index contributed by atoms with van der Waals surface area (Å²) >= 11 is 0. The highest BCUT2D eigenvalue weighted by Crippen LogP contribution is 2.14. The molecule has 1 rings (SSSR count). The second-order valence-electron chi connectivity index (χ2n) is 2.61. The van der Waals surface area contributed by atoms with Crippen LogP contribution in [0.1, 0.15) is 26.1 Å². The lowest BCUT2D eigenvalue weighted by molar-refractivity contribution is 0.447. The van der Waals surface area contributed by atoms with Gasteiger partial charge in [-0.1, -0.05) is 6.92 Å². The van der Waals surface area contributed by atoms with E-state index in [2.05, 4.69) is 15.2 Å². The lowest BCUT2D eigenvalue weighted by Gasteiger charge is -2.18. The van der Waals surface area contributed by atoms with Crippen LogP contribution in [0, 0.1) is 0 Å². The van der Waals surface area contributed by atoms with Crippen LogP contribution in [0.2, 0.25) is 0 Å². The smallest absolute Gasteiger partial charge is 0.144 e. The standard InChI is InChI=1S/C6H12N4/c1-3-6(2,7)5-8-4-9-10-5/h4H,3,7H2,1-2H3,(H,8,9,10). The zero-order valence-corrected chi connectivity index (χ0v) is 6.26. The van der Waals surface area contributed by atoms with Gasteiger partial charge in [-0.15, -0.1) is 0 Å². The van der Waals surface area contributed by atoms with Crippen molar-refractivity contribution < 1.29 is 0 Å². The molecule has 3 N–H and O–H groups in total. The second kappa shape index (κ2) is 2.38. The van der Waals surface area contributed by atoms with E-state index in [1.165, 1.54) is 6.33 Å². The normalized spacial score (nSPS) is 16.7. The van der Waals surface area contributed by atoms with E-state index in [9.17, 15) is 0 Å². The Morgan fingerprint density at radius 2 is 2.50 bits per heavy atom. The first-order chi connectivity index (χ1) is 4.67. The molecular formula is C6H12N4. The maximum absolute atomic E-state index is 5.85. The fraction of sp³-hybridized carbons (Fsp3) is 0.667. The number of hydrogen-bond donors (Lipinski definition) is 2. The highest BCUT2D eigenvalue weighted by atomic mass is 15.2. The van der Waals surface area contributed by atoms with Crippen LogP contribution >= 0.6 is 0 Å². The van der Waals surface area contributed by atoms with Crippen LogP contribution in [0.15, 0.2) is 6.33 Å². The Kier molecular flexibility index (Phi) is 1.72. The average Bonchev–Trinajstić information content (AvgIpc) is 2.38. The lowest BCUT2D eigenvalue weighted by atomic mass is 10.0. The molecule has 0 amide bonds. The van der Waals surface area contributed by atoms with Crippen molar-refractivity contribution >= 4 is 0 Å². The number of nitrogens with one attached hydrogen (secondary N) is 1. The van der Waals surface area contributed by atoms with Crippen molar-refractivity contribution in [3.05, 3.63) is 12.2 Å². The third-order valence-electron chi connectivity index (χ3n) is 1.69. The van der Waals surface area contributed by atoms with Gasteiger partial charge >= 0.3 is 0 Å². The molecular weight excluding hydrogens is 128 g/mol. The molecule has 4 heteroatoms. The van der Waals surface area contributed by atoms with E-state index in [1.807, 2.05) is 13.8 Å². The molecule has 10 heavy (non-hydrogen) atoms. The molecule has 1 aromatic heterocycles. The molecule has 0 saturated heterocycles. The van der Waals surface area contributed by atoms with Crippen LogP contribution in [0.25, 0.3) is 0 Å². The molecule has 0 aliphatic rings. The number of nitrogens with two attached hydrogens (primary N) is 1. The van der Waals surface area contributed by atoms with Gasteiger partial charge in [0.15, 0.2) is 0 Å². The summed E-state index contributed by atoms with van der Waals surface area (Å²) in [4.78, 5) is 3.97. The third-order valence-corrected chi connectivity index (χ3v) is 1.69. The van der Waals surface area contributed by atoms with Gasteiger partial charge in [0.05, 0.1) is 5.54 Å². The summed E-state index contributed by atoms with van der Waals surface area (Å²) in [6.07, 6.45) is 2.32. The molecule has 0 saturated carbocycles. The summed E-state index contributed by atoms with van der Waals surface area (Å²) in [6, 6.07) is 0. The zero-order chi connectivity index (χ0) is 7.61. The van der Waals surface area contributed by atoms with Gasteiger partial charge in [-0.25, -0.2) is 4.98 Å². The molecule has 0 fully saturated rings. The minimum absolute atomic E-state index is 0.365. The summed E-state index contributed by atoms with van der Waals surface area (Å²) < 4.78 is 0. The second-order valence-corrected chi connectivity index (χ2v) is 2.61. The highest BCUT2D eigenvalue weighted by molar-refractivity contribution is 4.98. The Morgan fingerprint density at radius 1 is 1.80 bits per heavy atom. The summed E-state index contributed by atoms with van der Waals surface area (Å²) in [7, 11) is 0. The van der Waals surface area contributed by atoms with Crippen LogP contribution < -0.4 is 5.73 Å². The first kappa shape index (κ1) is 7.21. The van der Waals surface area contributed by atoms with Crippen molar-refractivity contribution in [1.82, 2.24) is 15.2 Å².